The molecule has 1 fully saturated rings. The van der Waals surface area contributed by atoms with Gasteiger partial charge in [-0.05, 0) is 51.5 Å². The summed E-state index contributed by atoms with van der Waals surface area (Å²) < 4.78 is 11.2. The normalized spacial score (nSPS) is 18.4. The Labute approximate surface area is 178 Å². The van der Waals surface area contributed by atoms with Crippen molar-refractivity contribution in [3.05, 3.63) is 22.4 Å². The molecule has 3 atom stereocenters. The summed E-state index contributed by atoms with van der Waals surface area (Å²) in [6, 6.07) is 3.93. The zero-order valence-electron chi connectivity index (χ0n) is 18.4. The van der Waals surface area contributed by atoms with Gasteiger partial charge in [0.2, 0.25) is 5.91 Å². The lowest BCUT2D eigenvalue weighted by atomic mass is 9.95. The lowest BCUT2D eigenvalue weighted by molar-refractivity contribution is -0.130. The van der Waals surface area contributed by atoms with Gasteiger partial charge >= 0.3 is 6.09 Å². The molecule has 1 aromatic heterocycles. The first kappa shape index (κ1) is 25.4. The van der Waals surface area contributed by atoms with Crippen LogP contribution in [0, 0.1) is 5.92 Å². The average molecular weight is 429 g/mol. The third-order valence-electron chi connectivity index (χ3n) is 4.74. The van der Waals surface area contributed by atoms with Crippen LogP contribution in [-0.2, 0) is 20.7 Å². The van der Waals surface area contributed by atoms with Crippen LogP contribution < -0.4 is 5.32 Å². The highest BCUT2D eigenvalue weighted by molar-refractivity contribution is 7.09. The van der Waals surface area contributed by atoms with Crippen molar-refractivity contribution < 1.29 is 24.2 Å². The number of aliphatic hydroxyl groups excluding tert-OH is 1. The molecule has 1 aromatic rings. The summed E-state index contributed by atoms with van der Waals surface area (Å²) >= 11 is 1.69. The van der Waals surface area contributed by atoms with Crippen molar-refractivity contribution in [3.8, 4) is 0 Å². The Morgan fingerprint density at radius 3 is 2.62 bits per heavy atom. The second kappa shape index (κ2) is 12.1. The number of aliphatic hydroxyl groups is 1. The third kappa shape index (κ3) is 7.95. The molecule has 0 aliphatic carbocycles. The summed E-state index contributed by atoms with van der Waals surface area (Å²) in [7, 11) is 2.60. The van der Waals surface area contributed by atoms with Crippen molar-refractivity contribution in [1.82, 2.24) is 10.2 Å². The maximum atomic E-state index is 12.6. The highest BCUT2D eigenvalue weighted by Crippen LogP contribution is 2.28. The largest absolute Gasteiger partial charge is 0.444 e. The summed E-state index contributed by atoms with van der Waals surface area (Å²) in [6.07, 6.45) is 1.82. The summed E-state index contributed by atoms with van der Waals surface area (Å²) in [5, 5.41) is 12.0. The number of ether oxygens (including phenoxy) is 2. The maximum Gasteiger partial charge on any atom is 0.410 e. The zero-order valence-corrected chi connectivity index (χ0v) is 19.3. The molecule has 3 unspecified atom stereocenters. The molecule has 166 valence electrons. The molecule has 8 heteroatoms. The van der Waals surface area contributed by atoms with Crippen LogP contribution in [0.2, 0.25) is 0 Å². The number of carbonyl (C=O) groups is 2. The molecule has 0 aromatic carbocycles. The van der Waals surface area contributed by atoms with Crippen LogP contribution in [0.3, 0.4) is 0 Å². The van der Waals surface area contributed by atoms with Gasteiger partial charge in [-0.25, -0.2) is 4.79 Å². The Hall–Kier alpha value is -1.64. The fourth-order valence-corrected chi connectivity index (χ4v) is 4.16. The summed E-state index contributed by atoms with van der Waals surface area (Å²) in [4.78, 5) is 28.1. The van der Waals surface area contributed by atoms with Gasteiger partial charge in [-0.3, -0.25) is 4.79 Å². The van der Waals surface area contributed by atoms with E-state index in [0.717, 1.165) is 26.4 Å². The molecule has 2 N–H and O–H groups in total. The molecule has 1 saturated heterocycles. The van der Waals surface area contributed by atoms with Gasteiger partial charge in [0.05, 0.1) is 18.1 Å². The summed E-state index contributed by atoms with van der Waals surface area (Å²) in [6.45, 7) is 8.65. The molecule has 29 heavy (non-hydrogen) atoms. The van der Waals surface area contributed by atoms with Gasteiger partial charge < -0.3 is 24.8 Å². The first-order valence-electron chi connectivity index (χ1n) is 10.00. The van der Waals surface area contributed by atoms with E-state index in [-0.39, 0.29) is 30.1 Å². The number of methoxy groups -OCH3 is 1. The average Bonchev–Trinajstić information content (AvgIpc) is 3.34. The fraction of sp³-hybridized carbons (Fsp3) is 0.714. The van der Waals surface area contributed by atoms with Crippen molar-refractivity contribution in [1.29, 1.82) is 0 Å². The van der Waals surface area contributed by atoms with E-state index in [2.05, 4.69) is 11.4 Å². The molecule has 0 spiro atoms. The predicted molar refractivity (Wildman–Crippen MR) is 115 cm³/mol. The molecule has 1 aliphatic heterocycles. The minimum Gasteiger partial charge on any atom is -0.444 e. The molecule has 2 amide bonds. The van der Waals surface area contributed by atoms with E-state index >= 15 is 0 Å². The predicted octanol–water partition coefficient (Wildman–Crippen LogP) is 3.07. The van der Waals surface area contributed by atoms with Crippen LogP contribution >= 0.6 is 11.3 Å². The Balaban J connectivity index is 0.00000204. The van der Waals surface area contributed by atoms with E-state index in [4.69, 9.17) is 14.6 Å². The first-order valence-corrected chi connectivity index (χ1v) is 10.9. The second-order valence-corrected chi connectivity index (χ2v) is 9.02. The lowest BCUT2D eigenvalue weighted by Crippen LogP contribution is -2.50. The second-order valence-electron chi connectivity index (χ2n) is 7.99. The lowest BCUT2D eigenvalue weighted by Gasteiger charge is -2.34. The van der Waals surface area contributed by atoms with Crippen LogP contribution in [0.5, 0.6) is 0 Å². The third-order valence-corrected chi connectivity index (χ3v) is 5.67. The number of carbonyl (C=O) groups excluding carboxylic acids is 2. The Morgan fingerprint density at radius 1 is 1.38 bits per heavy atom. The molecule has 2 heterocycles. The van der Waals surface area contributed by atoms with Crippen LogP contribution in [-0.4, -0.2) is 67.1 Å². The van der Waals surface area contributed by atoms with E-state index < -0.39 is 5.60 Å². The van der Waals surface area contributed by atoms with Gasteiger partial charge in [0, 0.05) is 32.2 Å². The van der Waals surface area contributed by atoms with Crippen molar-refractivity contribution in [2.45, 2.75) is 64.7 Å². The number of hydrogen-bond acceptors (Lipinski definition) is 6. The Morgan fingerprint density at radius 2 is 2.07 bits per heavy atom. The highest BCUT2D eigenvalue weighted by atomic mass is 32.1. The fourth-order valence-electron chi connectivity index (χ4n) is 3.45. The van der Waals surface area contributed by atoms with E-state index in [1.807, 2.05) is 39.1 Å². The minimum absolute atomic E-state index is 0.0468. The molecule has 0 radical (unpaired) electrons. The molecule has 2 rings (SSSR count). The summed E-state index contributed by atoms with van der Waals surface area (Å²) in [5.74, 6) is -0.402. The van der Waals surface area contributed by atoms with Crippen LogP contribution in [0.1, 0.15) is 45.4 Å². The van der Waals surface area contributed by atoms with Crippen LogP contribution in [0.25, 0.3) is 0 Å². The Bertz CT molecular complexity index is 615. The number of amides is 2. The van der Waals surface area contributed by atoms with Crippen LogP contribution in [0.15, 0.2) is 17.5 Å². The number of nitrogens with one attached hydrogen (secondary N) is 1. The smallest absolute Gasteiger partial charge is 0.410 e. The topological polar surface area (TPSA) is 88.1 Å². The van der Waals surface area contributed by atoms with Gasteiger partial charge in [0.15, 0.2) is 0 Å². The van der Waals surface area contributed by atoms with Crippen molar-refractivity contribution >= 4 is 23.3 Å². The number of thiophene rings is 1. The van der Waals surface area contributed by atoms with Gasteiger partial charge in [-0.2, -0.15) is 0 Å². The first-order chi connectivity index (χ1) is 13.7. The number of rotatable bonds is 7. The van der Waals surface area contributed by atoms with Gasteiger partial charge in [0.1, 0.15) is 5.60 Å². The van der Waals surface area contributed by atoms with Crippen molar-refractivity contribution in [2.75, 3.05) is 27.3 Å². The quantitative estimate of drug-likeness (QED) is 0.697. The molecule has 1 aliphatic rings. The van der Waals surface area contributed by atoms with Gasteiger partial charge in [0.25, 0.3) is 0 Å². The van der Waals surface area contributed by atoms with E-state index in [1.165, 1.54) is 4.88 Å². The van der Waals surface area contributed by atoms with Gasteiger partial charge in [-0.15, -0.1) is 11.3 Å². The molecule has 7 nitrogen and oxygen atoms in total. The summed E-state index contributed by atoms with van der Waals surface area (Å²) in [5.41, 5.74) is -0.544. The molecular weight excluding hydrogens is 392 g/mol. The molecule has 0 bridgehead atoms. The Kier molecular flexibility index (Phi) is 10.6. The van der Waals surface area contributed by atoms with Crippen molar-refractivity contribution in [2.24, 2.45) is 5.92 Å². The highest BCUT2D eigenvalue weighted by Gasteiger charge is 2.41. The van der Waals surface area contributed by atoms with Crippen molar-refractivity contribution in [3.63, 3.8) is 0 Å². The standard InChI is InChI=1S/C20H32N2O4S.CH4O/c1-14(18(23)21-11-10-15-8-7-13-27-15)17(25-5)16-9-6-12-22(16)19(24)26-20(2,3)4;1-2/h7-8,13-14,16-17H,6,9-12H2,1-5H3,(H,21,23);2H,1H3. The van der Waals surface area contributed by atoms with E-state index in [9.17, 15) is 9.59 Å². The van der Waals surface area contributed by atoms with Crippen LogP contribution in [0.4, 0.5) is 4.79 Å². The number of nitrogens with zero attached hydrogens (tertiary/aromatic N) is 1. The molecular formula is C21H36N2O5S. The SMILES string of the molecule is CO.COC(C(C)C(=O)NCCc1cccs1)C1CCCN1C(=O)OC(C)(C)C. The molecule has 0 saturated carbocycles. The monoisotopic (exact) mass is 428 g/mol. The minimum atomic E-state index is -0.544. The number of hydrogen-bond donors (Lipinski definition) is 2. The number of likely N-dealkylation sites (tertiary alicyclic amines) is 1. The maximum absolute atomic E-state index is 12.6. The van der Waals surface area contributed by atoms with E-state index in [0.29, 0.717) is 13.1 Å². The zero-order chi connectivity index (χ0) is 22.0. The van der Waals surface area contributed by atoms with Gasteiger partial charge in [-0.1, -0.05) is 13.0 Å². The van der Waals surface area contributed by atoms with E-state index in [1.54, 1.807) is 23.3 Å².